The number of alkyl halides is 3. The van der Waals surface area contributed by atoms with Crippen molar-refractivity contribution < 1.29 is 22.8 Å². The smallest absolute Gasteiger partial charge is 0.321 e. The molecule has 4 nitrogen and oxygen atoms in total. The van der Waals surface area contributed by atoms with Crippen molar-refractivity contribution in [1.29, 1.82) is 0 Å². The van der Waals surface area contributed by atoms with E-state index in [2.05, 4.69) is 5.32 Å². The molecule has 1 N–H and O–H groups in total. The maximum absolute atomic E-state index is 13.6. The van der Waals surface area contributed by atoms with Crippen LogP contribution in [0.25, 0.3) is 5.69 Å². The van der Waals surface area contributed by atoms with Crippen molar-refractivity contribution in [3.63, 3.8) is 0 Å². The van der Waals surface area contributed by atoms with Gasteiger partial charge in [0.05, 0.1) is 22.5 Å². The van der Waals surface area contributed by atoms with Gasteiger partial charge in [-0.1, -0.05) is 54.1 Å². The number of hydrogen-bond acceptors (Lipinski definition) is 2. The Kier molecular flexibility index (Phi) is 6.54. The first-order valence-electron chi connectivity index (χ1n) is 10.6. The molecule has 0 unspecified atom stereocenters. The highest BCUT2D eigenvalue weighted by molar-refractivity contribution is 6.31. The number of benzene rings is 3. The van der Waals surface area contributed by atoms with Gasteiger partial charge in [-0.3, -0.25) is 9.59 Å². The van der Waals surface area contributed by atoms with Crippen LogP contribution in [-0.4, -0.2) is 16.3 Å². The lowest BCUT2D eigenvalue weighted by molar-refractivity contribution is -0.137. The van der Waals surface area contributed by atoms with Gasteiger partial charge in [0, 0.05) is 27.5 Å². The van der Waals surface area contributed by atoms with Gasteiger partial charge in [0.2, 0.25) is 0 Å². The summed E-state index contributed by atoms with van der Waals surface area (Å²) in [4.78, 5) is 26.3. The lowest BCUT2D eigenvalue weighted by atomic mass is 10.0. The molecule has 1 amide bonds. The van der Waals surface area contributed by atoms with Gasteiger partial charge in [-0.15, -0.1) is 0 Å². The second-order valence-electron chi connectivity index (χ2n) is 7.97. The third kappa shape index (κ3) is 4.86. The van der Waals surface area contributed by atoms with E-state index in [1.807, 2.05) is 0 Å². The van der Waals surface area contributed by atoms with E-state index in [-0.39, 0.29) is 28.3 Å². The summed E-state index contributed by atoms with van der Waals surface area (Å²) in [7, 11) is 0. The number of rotatable bonds is 5. The summed E-state index contributed by atoms with van der Waals surface area (Å²) in [5.41, 5.74) is 0.979. The van der Waals surface area contributed by atoms with Gasteiger partial charge < -0.3 is 9.88 Å². The Labute approximate surface area is 205 Å². The lowest BCUT2D eigenvalue weighted by Gasteiger charge is -2.17. The molecule has 0 aliphatic heterocycles. The minimum absolute atomic E-state index is 0.0690. The summed E-state index contributed by atoms with van der Waals surface area (Å²) in [6.45, 7) is 3.20. The van der Waals surface area contributed by atoms with Crippen LogP contribution in [0.1, 0.15) is 43.2 Å². The first-order valence-corrected chi connectivity index (χ1v) is 11.0. The van der Waals surface area contributed by atoms with E-state index in [0.717, 1.165) is 6.07 Å². The van der Waals surface area contributed by atoms with E-state index >= 15 is 0 Å². The van der Waals surface area contributed by atoms with E-state index in [9.17, 15) is 22.8 Å². The normalized spacial score (nSPS) is 11.4. The van der Waals surface area contributed by atoms with E-state index in [1.54, 1.807) is 50.2 Å². The first-order chi connectivity index (χ1) is 16.6. The lowest BCUT2D eigenvalue weighted by Crippen LogP contribution is -2.17. The number of carbonyl (C=O) groups excluding carboxylic acids is 2. The highest BCUT2D eigenvalue weighted by Gasteiger charge is 2.34. The number of ketones is 1. The Balaban J connectivity index is 1.72. The Morgan fingerprint density at radius 1 is 0.857 bits per heavy atom. The number of halogens is 4. The van der Waals surface area contributed by atoms with Crippen LogP contribution >= 0.6 is 11.6 Å². The minimum Gasteiger partial charge on any atom is -0.321 e. The maximum Gasteiger partial charge on any atom is 0.418 e. The topological polar surface area (TPSA) is 51.1 Å². The molecule has 4 rings (SSSR count). The zero-order valence-electron chi connectivity index (χ0n) is 18.8. The number of anilines is 1. The third-order valence-corrected chi connectivity index (χ3v) is 5.87. The summed E-state index contributed by atoms with van der Waals surface area (Å²) >= 11 is 6.11. The molecule has 0 bridgehead atoms. The number of nitrogens with zero attached hydrogens (tertiary/aromatic N) is 1. The summed E-state index contributed by atoms with van der Waals surface area (Å²) in [5, 5.41) is 3.05. The number of aromatic nitrogens is 1. The van der Waals surface area contributed by atoms with Gasteiger partial charge >= 0.3 is 6.18 Å². The summed E-state index contributed by atoms with van der Waals surface area (Å²) in [6, 6.07) is 19.8. The molecule has 0 aliphatic rings. The van der Waals surface area contributed by atoms with Gasteiger partial charge in [-0.05, 0) is 50.2 Å². The van der Waals surface area contributed by atoms with Gasteiger partial charge in [-0.2, -0.15) is 13.2 Å². The zero-order chi connectivity index (χ0) is 25.3. The number of para-hydroxylation sites is 1. The van der Waals surface area contributed by atoms with Gasteiger partial charge in [-0.25, -0.2) is 0 Å². The second kappa shape index (κ2) is 9.43. The van der Waals surface area contributed by atoms with Crippen molar-refractivity contribution in [1.82, 2.24) is 4.57 Å². The van der Waals surface area contributed by atoms with Gasteiger partial charge in [0.1, 0.15) is 0 Å². The molecule has 0 spiro atoms. The van der Waals surface area contributed by atoms with Crippen LogP contribution in [0.3, 0.4) is 0 Å². The fraction of sp³-hybridized carbons (Fsp3) is 0.111. The van der Waals surface area contributed by atoms with Crippen LogP contribution in [-0.2, 0) is 6.18 Å². The largest absolute Gasteiger partial charge is 0.418 e. The quantitative estimate of drug-likeness (QED) is 0.296. The predicted octanol–water partition coefficient (Wildman–Crippen LogP) is 7.25. The standard InChI is InChI=1S/C27H20ClF3N2O2/c1-16-14-20(17(2)33(16)24-11-7-6-10-22(24)27(29,30)31)26(35)32-23-13-12-19(28)15-21(23)25(34)18-8-4-3-5-9-18/h3-15H,1-2H3,(H,32,35). The van der Waals surface area contributed by atoms with Crippen LogP contribution in [0.5, 0.6) is 0 Å². The fourth-order valence-electron chi connectivity index (χ4n) is 4.02. The van der Waals surface area contributed by atoms with Crippen LogP contribution in [0.4, 0.5) is 18.9 Å². The van der Waals surface area contributed by atoms with Crippen LogP contribution in [0.15, 0.2) is 78.9 Å². The summed E-state index contributed by atoms with van der Waals surface area (Å²) < 4.78 is 42.2. The molecule has 0 radical (unpaired) electrons. The van der Waals surface area contributed by atoms with Crippen molar-refractivity contribution in [3.8, 4) is 5.69 Å². The summed E-state index contributed by atoms with van der Waals surface area (Å²) in [6.07, 6.45) is -4.56. The van der Waals surface area contributed by atoms with Crippen molar-refractivity contribution >= 4 is 29.0 Å². The third-order valence-electron chi connectivity index (χ3n) is 5.64. The van der Waals surface area contributed by atoms with Crippen molar-refractivity contribution in [2.75, 3.05) is 5.32 Å². The van der Waals surface area contributed by atoms with Gasteiger partial charge in [0.15, 0.2) is 5.78 Å². The fourth-order valence-corrected chi connectivity index (χ4v) is 4.19. The molecular formula is C27H20ClF3N2O2. The first kappa shape index (κ1) is 24.3. The van der Waals surface area contributed by atoms with E-state index in [0.29, 0.717) is 22.0 Å². The molecule has 8 heteroatoms. The Morgan fingerprint density at radius 2 is 1.51 bits per heavy atom. The van der Waals surface area contributed by atoms with E-state index in [4.69, 9.17) is 11.6 Å². The number of carbonyl (C=O) groups is 2. The van der Waals surface area contributed by atoms with Crippen molar-refractivity contribution in [2.24, 2.45) is 0 Å². The van der Waals surface area contributed by atoms with Crippen molar-refractivity contribution in [3.05, 3.63) is 118 Å². The summed E-state index contributed by atoms with van der Waals surface area (Å²) in [5.74, 6) is -0.883. The van der Waals surface area contributed by atoms with E-state index in [1.165, 1.54) is 41.0 Å². The molecule has 0 saturated heterocycles. The number of nitrogens with one attached hydrogen (secondary N) is 1. The Morgan fingerprint density at radius 3 is 2.20 bits per heavy atom. The minimum atomic E-state index is -4.56. The molecule has 0 atom stereocenters. The molecule has 3 aromatic carbocycles. The average Bonchev–Trinajstić information content (AvgIpc) is 3.13. The molecule has 178 valence electrons. The van der Waals surface area contributed by atoms with Crippen molar-refractivity contribution in [2.45, 2.75) is 20.0 Å². The predicted molar refractivity (Wildman–Crippen MR) is 130 cm³/mol. The maximum atomic E-state index is 13.6. The SMILES string of the molecule is Cc1cc(C(=O)Nc2ccc(Cl)cc2C(=O)c2ccccc2)c(C)n1-c1ccccc1C(F)(F)F. The highest BCUT2D eigenvalue weighted by atomic mass is 35.5. The molecule has 0 aliphatic carbocycles. The number of aryl methyl sites for hydroxylation is 1. The van der Waals surface area contributed by atoms with Crippen LogP contribution in [0.2, 0.25) is 5.02 Å². The Bertz CT molecular complexity index is 1430. The van der Waals surface area contributed by atoms with Gasteiger partial charge in [0.25, 0.3) is 5.91 Å². The molecule has 35 heavy (non-hydrogen) atoms. The van der Waals surface area contributed by atoms with Crippen LogP contribution < -0.4 is 5.32 Å². The van der Waals surface area contributed by atoms with E-state index < -0.39 is 17.6 Å². The molecule has 0 saturated carbocycles. The zero-order valence-corrected chi connectivity index (χ0v) is 19.5. The molecule has 1 aromatic heterocycles. The number of amides is 1. The molecular weight excluding hydrogens is 477 g/mol. The monoisotopic (exact) mass is 496 g/mol. The number of hydrogen-bond donors (Lipinski definition) is 1. The highest BCUT2D eigenvalue weighted by Crippen LogP contribution is 2.35. The second-order valence-corrected chi connectivity index (χ2v) is 8.41. The molecule has 1 heterocycles. The molecule has 0 fully saturated rings. The average molecular weight is 497 g/mol. The van der Waals surface area contributed by atoms with Crippen LogP contribution in [0, 0.1) is 13.8 Å². The Hall–Kier alpha value is -3.84. The molecule has 4 aromatic rings.